The van der Waals surface area contributed by atoms with Crippen LogP contribution in [-0.2, 0) is 6.42 Å². The summed E-state index contributed by atoms with van der Waals surface area (Å²) in [6.07, 6.45) is 0.764. The van der Waals surface area contributed by atoms with E-state index in [4.69, 9.17) is 28.8 Å². The van der Waals surface area contributed by atoms with Gasteiger partial charge in [0, 0.05) is 109 Å². The smallest absolute Gasteiger partial charge is 0.236 e. The van der Waals surface area contributed by atoms with Crippen LogP contribution in [0.2, 0.25) is 0 Å². The van der Waals surface area contributed by atoms with E-state index >= 15 is 0 Å². The summed E-state index contributed by atoms with van der Waals surface area (Å²) in [6.45, 7) is 0. The van der Waals surface area contributed by atoms with E-state index in [-0.39, 0.29) is 0 Å². The first-order chi connectivity index (χ1) is 58.1. The van der Waals surface area contributed by atoms with Gasteiger partial charge in [-0.1, -0.05) is 279 Å². The fourth-order valence-corrected chi connectivity index (χ4v) is 21.1. The van der Waals surface area contributed by atoms with Crippen molar-refractivity contribution in [2.45, 2.75) is 6.42 Å². The van der Waals surface area contributed by atoms with Gasteiger partial charge in [0.2, 0.25) is 5.95 Å². The molecule has 0 unspecified atom stereocenters. The van der Waals surface area contributed by atoms with Crippen LogP contribution in [0.5, 0.6) is 0 Å². The molecule has 0 atom stereocenters. The average Bonchev–Trinajstić information content (AvgIpc) is 1.51. The molecule has 117 heavy (non-hydrogen) atoms. The Kier molecular flexibility index (Phi) is 11.9. The van der Waals surface area contributed by atoms with E-state index in [1.54, 1.807) is 0 Å². The molecule has 10 heterocycles. The number of furan rings is 2. The Hall–Kier alpha value is -15.8. The van der Waals surface area contributed by atoms with E-state index in [0.717, 1.165) is 139 Å². The summed E-state index contributed by atoms with van der Waals surface area (Å²) in [5, 5.41) is 25.8. The second-order valence-corrected chi connectivity index (χ2v) is 31.6. The van der Waals surface area contributed by atoms with Gasteiger partial charge in [0.05, 0.1) is 61.0 Å². The van der Waals surface area contributed by atoms with Crippen molar-refractivity contribution in [1.82, 2.24) is 38.0 Å². The normalized spacial score (nSPS) is 12.8. The van der Waals surface area contributed by atoms with Crippen LogP contribution in [0.1, 0.15) is 11.1 Å². The molecule has 10 nitrogen and oxygen atoms in total. The quantitative estimate of drug-likeness (QED) is 0.165. The minimum Gasteiger partial charge on any atom is -0.452 e. The SMILES string of the molecule is c1ccc(-c2nc(-n3c4ccccc4c4c3c3ccccc3c3c5cccc6c5n(c34)-c3ccc4cc(-c5cccc7c5oc5c(-c8ccccc8)nc(-c8ccc(-n9c%10ccccc%10c%10c9c9ccccc9c9c%11cccc%12c%13c%14ccccc%14ccc%13n(c%12%11)c9%10)c9ccccc89)nc57)ccc4c3C6)nc3c2oc2ccccc23)cc1. The van der Waals surface area contributed by atoms with Gasteiger partial charge in [-0.2, -0.15) is 0 Å². The van der Waals surface area contributed by atoms with Crippen molar-refractivity contribution in [2.75, 3.05) is 0 Å². The van der Waals surface area contributed by atoms with Crippen molar-refractivity contribution in [1.29, 1.82) is 0 Å². The van der Waals surface area contributed by atoms with Gasteiger partial charge >= 0.3 is 0 Å². The van der Waals surface area contributed by atoms with Crippen LogP contribution >= 0.6 is 0 Å². The summed E-state index contributed by atoms with van der Waals surface area (Å²) >= 11 is 0. The third-order valence-corrected chi connectivity index (χ3v) is 25.9. The van der Waals surface area contributed by atoms with Crippen LogP contribution in [-0.4, -0.2) is 38.0 Å². The monoisotopic (exact) mass is 1490 g/mol. The van der Waals surface area contributed by atoms with Gasteiger partial charge in [-0.15, -0.1) is 0 Å². The molecule has 1 aliphatic heterocycles. The minimum absolute atomic E-state index is 0.580. The van der Waals surface area contributed by atoms with Crippen LogP contribution in [0.15, 0.2) is 349 Å². The van der Waals surface area contributed by atoms with E-state index in [2.05, 4.69) is 340 Å². The summed E-state index contributed by atoms with van der Waals surface area (Å²) in [6, 6.07) is 124. The lowest BCUT2D eigenvalue weighted by molar-refractivity contribution is 0.666. The first-order valence-corrected chi connectivity index (χ1v) is 40.1. The van der Waals surface area contributed by atoms with Gasteiger partial charge in [0.1, 0.15) is 33.6 Å². The standard InChI is InChI=1S/C107H58N8O2/c1-3-25-59(26-4-1)93-105-96(109-106(108-93)73-52-55-84(68-32-10-9-31-67(68)73)112-82-45-18-15-37-74(82)91-99(112)71-35-13-11-33-69(71)90-79-43-23-42-77-88-65-30-8-7-24-58(65)49-54-86(88)114(98(77)79)102(90)91)80-44-22-40-66(103(80)117-105)62-48-51-64-61(56-62)50-53-85-81(64)57-63-29-21-41-78-89-70-34-12-14-36-72(70)100-92(101(89)113(85)97(63)78)75-38-16-19-46-83(75)115(100)107-110-94(60-27-5-2-6-28-60)104-95(111-107)76-39-17-20-47-87(76)116-104/h1-56H,57H2. The molecule has 0 saturated heterocycles. The molecule has 0 bridgehead atoms. The summed E-state index contributed by atoms with van der Waals surface area (Å²) in [5.41, 5.74) is 26.0. The summed E-state index contributed by atoms with van der Waals surface area (Å²) < 4.78 is 24.0. The summed E-state index contributed by atoms with van der Waals surface area (Å²) in [4.78, 5) is 22.4. The third-order valence-electron chi connectivity index (χ3n) is 25.9. The molecule has 0 N–H and O–H groups in total. The molecule has 0 amide bonds. The van der Waals surface area contributed by atoms with Crippen LogP contribution in [0, 0.1) is 0 Å². The maximum atomic E-state index is 7.34. The highest BCUT2D eigenvalue weighted by Crippen LogP contribution is 2.54. The van der Waals surface area contributed by atoms with Gasteiger partial charge in [-0.3, -0.25) is 4.57 Å². The highest BCUT2D eigenvalue weighted by atomic mass is 16.3. The Morgan fingerprint density at radius 3 is 1.58 bits per heavy atom. The van der Waals surface area contributed by atoms with Crippen molar-refractivity contribution < 1.29 is 8.83 Å². The Morgan fingerprint density at radius 1 is 0.256 bits per heavy atom. The van der Waals surface area contributed by atoms with E-state index in [1.807, 2.05) is 18.2 Å². The van der Waals surface area contributed by atoms with E-state index in [1.165, 1.54) is 120 Å². The van der Waals surface area contributed by atoms with Crippen molar-refractivity contribution in [3.63, 3.8) is 0 Å². The fourth-order valence-electron chi connectivity index (χ4n) is 21.1. The van der Waals surface area contributed by atoms with Crippen LogP contribution in [0.3, 0.4) is 0 Å². The first-order valence-electron chi connectivity index (χ1n) is 40.1. The second kappa shape index (κ2) is 22.5. The minimum atomic E-state index is 0.580. The molecular formula is C107H58N8O2. The molecule has 0 radical (unpaired) electrons. The van der Waals surface area contributed by atoms with Crippen molar-refractivity contribution in [2.24, 2.45) is 0 Å². The van der Waals surface area contributed by atoms with E-state index < -0.39 is 0 Å². The Balaban J connectivity index is 0.617. The van der Waals surface area contributed by atoms with Gasteiger partial charge in [0.25, 0.3) is 0 Å². The highest BCUT2D eigenvalue weighted by Gasteiger charge is 2.33. The Bertz CT molecular complexity index is 9190. The number of fused-ring (bicyclic) bond motifs is 36. The number of benzene rings is 18. The van der Waals surface area contributed by atoms with Gasteiger partial charge < -0.3 is 22.4 Å². The van der Waals surface area contributed by atoms with Crippen LogP contribution < -0.4 is 0 Å². The zero-order valence-corrected chi connectivity index (χ0v) is 62.4. The van der Waals surface area contributed by atoms with E-state index in [9.17, 15) is 0 Å². The van der Waals surface area contributed by atoms with Gasteiger partial charge in [0.15, 0.2) is 17.0 Å². The van der Waals surface area contributed by atoms with Gasteiger partial charge in [-0.25, -0.2) is 19.9 Å². The highest BCUT2D eigenvalue weighted by molar-refractivity contribution is 6.41. The molecule has 28 rings (SSSR count). The van der Waals surface area contributed by atoms with Crippen LogP contribution in [0.4, 0.5) is 0 Å². The predicted octanol–water partition coefficient (Wildman–Crippen LogP) is 27.8. The summed E-state index contributed by atoms with van der Waals surface area (Å²) in [5.74, 6) is 1.20. The molecule has 0 spiro atoms. The number of nitrogens with zero attached hydrogens (tertiary/aromatic N) is 8. The number of hydrogen-bond donors (Lipinski definition) is 0. The molecule has 27 aromatic rings. The maximum Gasteiger partial charge on any atom is 0.236 e. The maximum absolute atomic E-state index is 7.34. The molecule has 0 saturated carbocycles. The number of hydrogen-bond acceptors (Lipinski definition) is 6. The molecule has 18 aromatic carbocycles. The van der Waals surface area contributed by atoms with E-state index in [0.29, 0.717) is 22.9 Å². The molecule has 538 valence electrons. The first kappa shape index (κ1) is 61.8. The molecule has 1 aliphatic rings. The van der Waals surface area contributed by atoms with Gasteiger partial charge in [-0.05, 0) is 115 Å². The predicted molar refractivity (Wildman–Crippen MR) is 482 cm³/mol. The lowest BCUT2D eigenvalue weighted by Gasteiger charge is -2.23. The van der Waals surface area contributed by atoms with Crippen LogP contribution in [0.25, 0.3) is 264 Å². The zero-order chi connectivity index (χ0) is 75.7. The summed E-state index contributed by atoms with van der Waals surface area (Å²) in [7, 11) is 0. The molecular weight excluding hydrogens is 1430 g/mol. The molecule has 10 heteroatoms. The second-order valence-electron chi connectivity index (χ2n) is 31.6. The van der Waals surface area contributed by atoms with Crippen molar-refractivity contribution in [3.05, 3.63) is 351 Å². The lowest BCUT2D eigenvalue weighted by atomic mass is 9.91. The Labute approximate surface area is 663 Å². The lowest BCUT2D eigenvalue weighted by Crippen LogP contribution is -2.08. The van der Waals surface area contributed by atoms with Crippen molar-refractivity contribution >= 4 is 202 Å². The number of para-hydroxylation sites is 6. The topological polar surface area (TPSA) is 97.0 Å². The molecule has 0 fully saturated rings. The third kappa shape index (κ3) is 8.02. The fraction of sp³-hybridized carbons (Fsp3) is 0.00935. The Morgan fingerprint density at radius 2 is 0.812 bits per heavy atom. The molecule has 9 aromatic heterocycles. The molecule has 0 aliphatic carbocycles. The number of rotatable bonds is 6. The largest absolute Gasteiger partial charge is 0.452 e. The zero-order valence-electron chi connectivity index (χ0n) is 62.4. The number of aromatic nitrogens is 8. The average molecular weight is 1490 g/mol. The van der Waals surface area contributed by atoms with Crippen molar-refractivity contribution in [3.8, 4) is 62.4 Å².